The minimum Gasteiger partial charge on any atom is -0.356 e. The summed E-state index contributed by atoms with van der Waals surface area (Å²) in [5.41, 5.74) is 2.66. The van der Waals surface area contributed by atoms with Crippen LogP contribution in [0.5, 0.6) is 0 Å². The number of nitrogens with one attached hydrogen (secondary N) is 1. The average molecular weight is 419 g/mol. The van der Waals surface area contributed by atoms with E-state index in [1.54, 1.807) is 4.31 Å². The summed E-state index contributed by atoms with van der Waals surface area (Å²) < 4.78 is 27.0. The highest BCUT2D eigenvalue weighted by atomic mass is 32.2. The Hall–Kier alpha value is -1.40. The average Bonchev–Trinajstić information content (AvgIpc) is 3.45. The molecule has 2 aliphatic carbocycles. The molecule has 1 aliphatic heterocycles. The van der Waals surface area contributed by atoms with E-state index in [4.69, 9.17) is 0 Å². The van der Waals surface area contributed by atoms with Crippen molar-refractivity contribution in [2.75, 3.05) is 25.4 Å². The maximum Gasteiger partial charge on any atom is 0.220 e. The molecule has 2 fully saturated rings. The normalized spacial score (nSPS) is 24.0. The Morgan fingerprint density at radius 3 is 2.55 bits per heavy atom. The van der Waals surface area contributed by atoms with Crippen LogP contribution in [0.15, 0.2) is 24.3 Å². The van der Waals surface area contributed by atoms with E-state index < -0.39 is 10.0 Å². The Labute approximate surface area is 175 Å². The number of carbonyl (C=O) groups is 1. The summed E-state index contributed by atoms with van der Waals surface area (Å²) >= 11 is 0. The van der Waals surface area contributed by atoms with Crippen LogP contribution in [0, 0.1) is 11.8 Å². The minimum atomic E-state index is -3.18. The molecule has 0 radical (unpaired) electrons. The fourth-order valence-corrected chi connectivity index (χ4v) is 7.07. The van der Waals surface area contributed by atoms with Gasteiger partial charge in [-0.25, -0.2) is 12.7 Å². The zero-order valence-electron chi connectivity index (χ0n) is 17.7. The lowest BCUT2D eigenvalue weighted by Gasteiger charge is -2.40. The van der Waals surface area contributed by atoms with Crippen molar-refractivity contribution in [3.05, 3.63) is 35.4 Å². The third-order valence-electron chi connectivity index (χ3n) is 6.94. The van der Waals surface area contributed by atoms with Crippen molar-refractivity contribution in [3.8, 4) is 0 Å². The van der Waals surface area contributed by atoms with Gasteiger partial charge in [0.1, 0.15) is 0 Å². The Balaban J connectivity index is 1.45. The van der Waals surface area contributed by atoms with Gasteiger partial charge in [0.2, 0.25) is 15.9 Å². The first kappa shape index (κ1) is 20.9. The molecule has 1 aromatic carbocycles. The SMILES string of the molecule is CC(C)CS(=O)(=O)N1CCC2(CC1)C[C@@H](CC(=O)NCC1CC1)c1ccccc12. The van der Waals surface area contributed by atoms with Crippen LogP contribution in [-0.2, 0) is 20.2 Å². The molecule has 1 amide bonds. The molecular weight excluding hydrogens is 384 g/mol. The highest BCUT2D eigenvalue weighted by molar-refractivity contribution is 7.89. The van der Waals surface area contributed by atoms with Crippen molar-refractivity contribution in [3.63, 3.8) is 0 Å². The van der Waals surface area contributed by atoms with E-state index >= 15 is 0 Å². The Kier molecular flexibility index (Phi) is 5.77. The first-order valence-corrected chi connectivity index (χ1v) is 12.7. The maximum absolute atomic E-state index is 12.7. The molecule has 4 rings (SSSR count). The lowest BCUT2D eigenvalue weighted by Crippen LogP contribution is -2.45. The van der Waals surface area contributed by atoms with E-state index in [1.165, 1.54) is 24.0 Å². The molecule has 0 aromatic heterocycles. The van der Waals surface area contributed by atoms with Gasteiger partial charge in [-0.05, 0) is 66.4 Å². The van der Waals surface area contributed by atoms with Gasteiger partial charge < -0.3 is 5.32 Å². The summed E-state index contributed by atoms with van der Waals surface area (Å²) in [6.45, 7) is 5.90. The third kappa shape index (κ3) is 4.53. The van der Waals surface area contributed by atoms with Crippen molar-refractivity contribution < 1.29 is 13.2 Å². The molecule has 1 spiro atoms. The molecule has 0 unspecified atom stereocenters. The number of benzene rings is 1. The van der Waals surface area contributed by atoms with Crippen molar-refractivity contribution >= 4 is 15.9 Å². The van der Waals surface area contributed by atoms with Crippen LogP contribution in [0.25, 0.3) is 0 Å². The van der Waals surface area contributed by atoms with E-state index in [0.717, 1.165) is 25.8 Å². The van der Waals surface area contributed by atoms with E-state index in [9.17, 15) is 13.2 Å². The summed E-state index contributed by atoms with van der Waals surface area (Å²) in [5, 5.41) is 3.11. The number of hydrogen-bond donors (Lipinski definition) is 1. The van der Waals surface area contributed by atoms with Gasteiger partial charge in [0, 0.05) is 26.1 Å². The predicted octanol–water partition coefficient (Wildman–Crippen LogP) is 3.41. The molecule has 1 saturated carbocycles. The molecule has 160 valence electrons. The number of piperidine rings is 1. The lowest BCUT2D eigenvalue weighted by atomic mass is 9.73. The number of fused-ring (bicyclic) bond motifs is 2. The second-order valence-corrected chi connectivity index (χ2v) is 11.8. The van der Waals surface area contributed by atoms with Gasteiger partial charge in [0.25, 0.3) is 0 Å². The molecular formula is C23H34N2O3S. The number of nitrogens with zero attached hydrogens (tertiary/aromatic N) is 1. The topological polar surface area (TPSA) is 66.5 Å². The predicted molar refractivity (Wildman–Crippen MR) is 115 cm³/mol. The van der Waals surface area contributed by atoms with Crippen molar-refractivity contribution in [2.24, 2.45) is 11.8 Å². The maximum atomic E-state index is 12.7. The molecule has 1 atom stereocenters. The van der Waals surface area contributed by atoms with E-state index in [0.29, 0.717) is 25.4 Å². The number of amides is 1. The van der Waals surface area contributed by atoms with Crippen LogP contribution < -0.4 is 5.32 Å². The largest absolute Gasteiger partial charge is 0.356 e. The van der Waals surface area contributed by atoms with Crippen molar-refractivity contribution in [1.82, 2.24) is 9.62 Å². The van der Waals surface area contributed by atoms with Gasteiger partial charge in [-0.1, -0.05) is 38.1 Å². The fraction of sp³-hybridized carbons (Fsp3) is 0.696. The fourth-order valence-electron chi connectivity index (χ4n) is 5.28. The number of carbonyl (C=O) groups excluding carboxylic acids is 1. The Morgan fingerprint density at radius 2 is 1.90 bits per heavy atom. The first-order chi connectivity index (χ1) is 13.8. The molecule has 1 N–H and O–H groups in total. The van der Waals surface area contributed by atoms with Crippen molar-refractivity contribution in [2.45, 2.75) is 63.7 Å². The van der Waals surface area contributed by atoms with Gasteiger partial charge in [-0.2, -0.15) is 0 Å². The van der Waals surface area contributed by atoms with Gasteiger partial charge in [-0.15, -0.1) is 0 Å². The highest BCUT2D eigenvalue weighted by Crippen LogP contribution is 2.52. The van der Waals surface area contributed by atoms with Gasteiger partial charge >= 0.3 is 0 Å². The molecule has 1 aromatic rings. The van der Waals surface area contributed by atoms with E-state index in [2.05, 4.69) is 29.6 Å². The Bertz CT molecular complexity index is 853. The van der Waals surface area contributed by atoms with Gasteiger partial charge in [0.15, 0.2) is 0 Å². The van der Waals surface area contributed by atoms with E-state index in [1.807, 2.05) is 13.8 Å². The molecule has 0 bridgehead atoms. The number of sulfonamides is 1. The first-order valence-electron chi connectivity index (χ1n) is 11.1. The number of rotatable bonds is 7. The van der Waals surface area contributed by atoms with Crippen LogP contribution in [0.3, 0.4) is 0 Å². The summed E-state index contributed by atoms with van der Waals surface area (Å²) in [4.78, 5) is 12.5. The zero-order valence-corrected chi connectivity index (χ0v) is 18.5. The quantitative estimate of drug-likeness (QED) is 0.738. The van der Waals surface area contributed by atoms with Crippen LogP contribution in [0.4, 0.5) is 0 Å². The molecule has 3 aliphatic rings. The summed E-state index contributed by atoms with van der Waals surface area (Å²) in [6, 6.07) is 8.52. The van der Waals surface area contributed by atoms with E-state index in [-0.39, 0.29) is 28.9 Å². The second-order valence-electron chi connectivity index (χ2n) is 9.79. The smallest absolute Gasteiger partial charge is 0.220 e. The Morgan fingerprint density at radius 1 is 1.21 bits per heavy atom. The van der Waals surface area contributed by atoms with Crippen LogP contribution >= 0.6 is 0 Å². The molecule has 5 nitrogen and oxygen atoms in total. The van der Waals surface area contributed by atoms with Crippen LogP contribution in [0.1, 0.15) is 69.4 Å². The summed E-state index contributed by atoms with van der Waals surface area (Å²) in [5.74, 6) is 1.45. The van der Waals surface area contributed by atoms with Crippen LogP contribution in [0.2, 0.25) is 0 Å². The zero-order chi connectivity index (χ0) is 20.6. The lowest BCUT2D eigenvalue weighted by molar-refractivity contribution is -0.121. The molecule has 1 saturated heterocycles. The third-order valence-corrected chi connectivity index (χ3v) is 9.18. The molecule has 1 heterocycles. The van der Waals surface area contributed by atoms with Gasteiger partial charge in [-0.3, -0.25) is 4.79 Å². The standard InChI is InChI=1S/C23H34N2O3S/c1-17(2)16-29(27,28)25-11-9-23(10-12-25)14-19(20-5-3-4-6-21(20)23)13-22(26)24-15-18-7-8-18/h3-6,17-19H,7-16H2,1-2H3,(H,24,26)/t19-/m1/s1. The summed E-state index contributed by atoms with van der Waals surface area (Å²) in [7, 11) is -3.18. The highest BCUT2D eigenvalue weighted by Gasteiger charge is 2.47. The monoisotopic (exact) mass is 418 g/mol. The molecule has 6 heteroatoms. The van der Waals surface area contributed by atoms with Gasteiger partial charge in [0.05, 0.1) is 5.75 Å². The van der Waals surface area contributed by atoms with Crippen LogP contribution in [-0.4, -0.2) is 44.0 Å². The number of hydrogen-bond acceptors (Lipinski definition) is 3. The second kappa shape index (κ2) is 8.03. The minimum absolute atomic E-state index is 0.0158. The van der Waals surface area contributed by atoms with Crippen molar-refractivity contribution in [1.29, 1.82) is 0 Å². The summed E-state index contributed by atoms with van der Waals surface area (Å²) in [6.07, 6.45) is 5.68. The molecule has 29 heavy (non-hydrogen) atoms.